The lowest BCUT2D eigenvalue weighted by atomic mass is 9.82. The van der Waals surface area contributed by atoms with Crippen LogP contribution < -0.4 is 5.73 Å². The molecule has 0 amide bonds. The summed E-state index contributed by atoms with van der Waals surface area (Å²) in [6, 6.07) is 2.29. The molecule has 2 aromatic rings. The number of hydrogen-bond acceptors (Lipinski definition) is 5. The first-order valence-electron chi connectivity index (χ1n) is 7.00. The average Bonchev–Trinajstić information content (AvgIpc) is 3.03. The highest BCUT2D eigenvalue weighted by Gasteiger charge is 2.31. The average molecular weight is 287 g/mol. The zero-order valence-corrected chi connectivity index (χ0v) is 12.3. The summed E-state index contributed by atoms with van der Waals surface area (Å²) in [7, 11) is 0. The van der Waals surface area contributed by atoms with E-state index in [2.05, 4.69) is 18.1 Å². The molecule has 20 heavy (non-hydrogen) atoms. The predicted octanol–water partition coefficient (Wildman–Crippen LogP) is 3.61. The Balaban J connectivity index is 2.13. The maximum Gasteiger partial charge on any atom is 0.147 e. The molecule has 1 aliphatic carbocycles. The molecule has 0 saturated heterocycles. The molecule has 3 rings (SSSR count). The number of nitrogen functional groups attached to an aromatic ring is 1. The number of aryl methyl sites for hydroxylation is 2. The van der Waals surface area contributed by atoms with E-state index in [1.54, 1.807) is 11.3 Å². The van der Waals surface area contributed by atoms with E-state index in [0.29, 0.717) is 10.6 Å². The molecular formula is C15H17N3OS. The highest BCUT2D eigenvalue weighted by atomic mass is 32.1. The van der Waals surface area contributed by atoms with Crippen LogP contribution in [0.25, 0.3) is 0 Å². The lowest BCUT2D eigenvalue weighted by Crippen LogP contribution is -2.11. The number of nitrogens with two attached hydrogens (primary N) is 1. The first-order chi connectivity index (χ1) is 9.76. The van der Waals surface area contributed by atoms with Crippen LogP contribution in [-0.4, -0.2) is 5.16 Å². The van der Waals surface area contributed by atoms with Gasteiger partial charge in [0.25, 0.3) is 0 Å². The second kappa shape index (κ2) is 5.29. The zero-order chi connectivity index (χ0) is 14.1. The molecule has 2 heterocycles. The third-order valence-corrected chi connectivity index (χ3v) is 5.01. The third-order valence-electron chi connectivity index (χ3n) is 3.92. The second-order valence-electron chi connectivity index (χ2n) is 5.20. The number of fused-ring (bicyclic) bond motifs is 1. The Labute approximate surface area is 122 Å². The first kappa shape index (κ1) is 13.2. The Morgan fingerprint density at radius 2 is 2.45 bits per heavy atom. The molecule has 0 spiro atoms. The van der Waals surface area contributed by atoms with Gasteiger partial charge in [0.05, 0.1) is 11.8 Å². The van der Waals surface area contributed by atoms with Crippen LogP contribution in [0.1, 0.15) is 59.4 Å². The number of rotatable bonds is 3. The molecule has 2 N–H and O–H groups in total. The van der Waals surface area contributed by atoms with Gasteiger partial charge in [0.15, 0.2) is 0 Å². The van der Waals surface area contributed by atoms with E-state index in [0.717, 1.165) is 43.4 Å². The van der Waals surface area contributed by atoms with Crippen LogP contribution >= 0.6 is 11.3 Å². The van der Waals surface area contributed by atoms with Crippen LogP contribution in [0, 0.1) is 11.3 Å². The van der Waals surface area contributed by atoms with Crippen molar-refractivity contribution in [3.05, 3.63) is 33.5 Å². The molecule has 0 fully saturated rings. The first-order valence-corrected chi connectivity index (χ1v) is 7.82. The van der Waals surface area contributed by atoms with Gasteiger partial charge >= 0.3 is 0 Å². The molecule has 1 aliphatic rings. The van der Waals surface area contributed by atoms with Crippen molar-refractivity contribution >= 4 is 16.3 Å². The summed E-state index contributed by atoms with van der Waals surface area (Å²) in [4.78, 5) is 1.23. The van der Waals surface area contributed by atoms with Crippen LogP contribution in [0.2, 0.25) is 0 Å². The van der Waals surface area contributed by atoms with Crippen LogP contribution in [0.3, 0.4) is 0 Å². The van der Waals surface area contributed by atoms with Gasteiger partial charge in [-0.05, 0) is 31.2 Å². The van der Waals surface area contributed by atoms with Gasteiger partial charge in [-0.25, -0.2) is 0 Å². The highest BCUT2D eigenvalue weighted by Crippen LogP contribution is 2.44. The SMILES string of the molecule is CCCc1sc(N)c(C#N)c1C1CCCc2cnoc21. The third kappa shape index (κ3) is 2.01. The topological polar surface area (TPSA) is 75.8 Å². The largest absolute Gasteiger partial charge is 0.389 e. The van der Waals surface area contributed by atoms with Crippen molar-refractivity contribution in [3.63, 3.8) is 0 Å². The maximum atomic E-state index is 9.44. The van der Waals surface area contributed by atoms with Crippen LogP contribution in [-0.2, 0) is 12.8 Å². The summed E-state index contributed by atoms with van der Waals surface area (Å²) in [6.07, 6.45) is 6.94. The van der Waals surface area contributed by atoms with E-state index in [1.807, 2.05) is 6.20 Å². The Bertz CT molecular complexity index is 665. The lowest BCUT2D eigenvalue weighted by Gasteiger charge is -2.21. The van der Waals surface area contributed by atoms with Crippen molar-refractivity contribution in [3.8, 4) is 6.07 Å². The molecule has 2 aromatic heterocycles. The summed E-state index contributed by atoms with van der Waals surface area (Å²) in [5, 5.41) is 14.0. The summed E-state index contributed by atoms with van der Waals surface area (Å²) < 4.78 is 5.47. The normalized spacial score (nSPS) is 17.7. The van der Waals surface area contributed by atoms with Gasteiger partial charge in [-0.3, -0.25) is 0 Å². The standard InChI is InChI=1S/C15H17N3OS/c1-2-4-12-13(11(7-16)15(17)20-12)10-6-3-5-9-8-18-19-14(9)10/h8,10H,2-6,17H2,1H3. The van der Waals surface area contributed by atoms with E-state index in [4.69, 9.17) is 10.3 Å². The summed E-state index contributed by atoms with van der Waals surface area (Å²) in [5.41, 5.74) is 8.95. The molecule has 0 aliphatic heterocycles. The predicted molar refractivity (Wildman–Crippen MR) is 78.7 cm³/mol. The molecule has 0 radical (unpaired) electrons. The fraction of sp³-hybridized carbons (Fsp3) is 0.467. The van der Waals surface area contributed by atoms with Crippen molar-refractivity contribution < 1.29 is 4.52 Å². The molecule has 4 nitrogen and oxygen atoms in total. The summed E-state index contributed by atoms with van der Waals surface area (Å²) in [5.74, 6) is 1.08. The van der Waals surface area contributed by atoms with E-state index in [9.17, 15) is 5.26 Å². The Morgan fingerprint density at radius 1 is 1.60 bits per heavy atom. The fourth-order valence-corrected chi connectivity index (χ4v) is 4.24. The number of thiophene rings is 1. The van der Waals surface area contributed by atoms with Crippen LogP contribution in [0.15, 0.2) is 10.7 Å². The van der Waals surface area contributed by atoms with Crippen LogP contribution in [0.4, 0.5) is 5.00 Å². The van der Waals surface area contributed by atoms with Crippen LogP contribution in [0.5, 0.6) is 0 Å². The van der Waals surface area contributed by atoms with E-state index in [1.165, 1.54) is 10.4 Å². The number of anilines is 1. The second-order valence-corrected chi connectivity index (χ2v) is 6.34. The number of nitriles is 1. The van der Waals surface area contributed by atoms with Crippen molar-refractivity contribution in [1.82, 2.24) is 5.16 Å². The van der Waals surface area contributed by atoms with Gasteiger partial charge in [-0.2, -0.15) is 5.26 Å². The minimum atomic E-state index is 0.144. The highest BCUT2D eigenvalue weighted by molar-refractivity contribution is 7.16. The monoisotopic (exact) mass is 287 g/mol. The number of nitrogens with zero attached hydrogens (tertiary/aromatic N) is 2. The van der Waals surface area contributed by atoms with Gasteiger partial charge in [-0.1, -0.05) is 18.5 Å². The number of aromatic nitrogens is 1. The summed E-state index contributed by atoms with van der Waals surface area (Å²) >= 11 is 1.55. The zero-order valence-electron chi connectivity index (χ0n) is 11.5. The van der Waals surface area contributed by atoms with E-state index in [-0.39, 0.29) is 5.92 Å². The van der Waals surface area contributed by atoms with E-state index < -0.39 is 0 Å². The number of hydrogen-bond donors (Lipinski definition) is 1. The van der Waals surface area contributed by atoms with E-state index >= 15 is 0 Å². The quantitative estimate of drug-likeness (QED) is 0.935. The van der Waals surface area contributed by atoms with Gasteiger partial charge in [0.1, 0.15) is 16.8 Å². The van der Waals surface area contributed by atoms with Gasteiger partial charge < -0.3 is 10.3 Å². The van der Waals surface area contributed by atoms with Crippen molar-refractivity contribution in [2.24, 2.45) is 0 Å². The Kier molecular flexibility index (Phi) is 3.49. The van der Waals surface area contributed by atoms with Gasteiger partial charge in [-0.15, -0.1) is 11.3 Å². The maximum absolute atomic E-state index is 9.44. The molecule has 1 atom stereocenters. The minimum absolute atomic E-state index is 0.144. The minimum Gasteiger partial charge on any atom is -0.389 e. The Hall–Kier alpha value is -1.80. The van der Waals surface area contributed by atoms with Crippen molar-refractivity contribution in [1.29, 1.82) is 5.26 Å². The van der Waals surface area contributed by atoms with Gasteiger partial charge in [0.2, 0.25) is 0 Å². The lowest BCUT2D eigenvalue weighted by molar-refractivity contribution is 0.355. The Morgan fingerprint density at radius 3 is 3.20 bits per heavy atom. The fourth-order valence-electron chi connectivity index (χ4n) is 3.05. The molecule has 0 bridgehead atoms. The van der Waals surface area contributed by atoms with Crippen molar-refractivity contribution in [2.45, 2.75) is 44.9 Å². The molecule has 1 unspecified atom stereocenters. The smallest absolute Gasteiger partial charge is 0.147 e. The molecular weight excluding hydrogens is 270 g/mol. The molecule has 0 aromatic carbocycles. The molecule has 104 valence electrons. The molecule has 0 saturated carbocycles. The van der Waals surface area contributed by atoms with Gasteiger partial charge in [0, 0.05) is 16.4 Å². The van der Waals surface area contributed by atoms with Crippen molar-refractivity contribution in [2.75, 3.05) is 5.73 Å². The summed E-state index contributed by atoms with van der Waals surface area (Å²) in [6.45, 7) is 2.15. The molecule has 5 heteroatoms.